The van der Waals surface area contributed by atoms with E-state index in [2.05, 4.69) is 4.90 Å². The molecule has 0 radical (unpaired) electrons. The Labute approximate surface area is 167 Å². The Morgan fingerprint density at radius 1 is 1.00 bits per heavy atom. The van der Waals surface area contributed by atoms with Crippen molar-refractivity contribution >= 4 is 29.1 Å². The fourth-order valence-corrected chi connectivity index (χ4v) is 3.99. The summed E-state index contributed by atoms with van der Waals surface area (Å²) in [6, 6.07) is 9.32. The van der Waals surface area contributed by atoms with Crippen LogP contribution < -0.4 is 10.5 Å². The molecule has 0 saturated carbocycles. The molecule has 1 aromatic carbocycles. The highest BCUT2D eigenvalue weighted by molar-refractivity contribution is 6.33. The van der Waals surface area contributed by atoms with Crippen LogP contribution in [0.15, 0.2) is 35.1 Å². The molecule has 1 fully saturated rings. The van der Waals surface area contributed by atoms with Gasteiger partial charge in [-0.15, -0.1) is 0 Å². The molecular weight excluding hydrogens is 380 g/mol. The van der Waals surface area contributed by atoms with Gasteiger partial charge >= 0.3 is 0 Å². The lowest BCUT2D eigenvalue weighted by Crippen LogP contribution is -2.51. The zero-order chi connectivity index (χ0) is 20.0. The number of carbonyl (C=O) groups is 2. The van der Waals surface area contributed by atoms with E-state index in [9.17, 15) is 14.4 Å². The number of fused-ring (bicyclic) bond motifs is 1. The molecule has 0 N–H and O–H groups in total. The number of piperazine rings is 1. The van der Waals surface area contributed by atoms with Gasteiger partial charge in [0.15, 0.2) is 0 Å². The Morgan fingerprint density at radius 2 is 1.68 bits per heavy atom. The largest absolute Gasteiger partial charge is 0.368 e. The standard InChI is InChI=1S/C20H21ClN4O3/c1-13-11-14-17(19(27)22(13)2)20(28)25(18(14)26)12-23-7-9-24(10-8-23)16-6-4-3-5-15(16)21/h3-6,11H,7-10,12H2,1-2H3. The van der Waals surface area contributed by atoms with Crippen LogP contribution in [0.1, 0.15) is 26.4 Å². The highest BCUT2D eigenvalue weighted by atomic mass is 35.5. The molecule has 1 saturated heterocycles. The van der Waals surface area contributed by atoms with E-state index < -0.39 is 17.4 Å². The quantitative estimate of drug-likeness (QED) is 0.734. The normalized spacial score (nSPS) is 17.4. The van der Waals surface area contributed by atoms with Gasteiger partial charge in [0, 0.05) is 38.9 Å². The first-order valence-electron chi connectivity index (χ1n) is 9.17. The maximum absolute atomic E-state index is 12.7. The molecule has 2 aliphatic heterocycles. The predicted octanol–water partition coefficient (Wildman–Crippen LogP) is 1.72. The summed E-state index contributed by atoms with van der Waals surface area (Å²) in [6.45, 7) is 4.80. The Hall–Kier alpha value is -2.64. The molecule has 0 spiro atoms. The number of aromatic nitrogens is 1. The van der Waals surface area contributed by atoms with Crippen molar-refractivity contribution in [1.82, 2.24) is 14.4 Å². The molecule has 28 heavy (non-hydrogen) atoms. The summed E-state index contributed by atoms with van der Waals surface area (Å²) in [5, 5.41) is 0.711. The first-order chi connectivity index (χ1) is 13.4. The van der Waals surface area contributed by atoms with Crippen LogP contribution in [-0.4, -0.2) is 59.0 Å². The van der Waals surface area contributed by atoms with Crippen LogP contribution in [0.25, 0.3) is 0 Å². The van der Waals surface area contributed by atoms with Gasteiger partial charge in [0.05, 0.1) is 22.9 Å². The first kappa shape index (κ1) is 18.7. The monoisotopic (exact) mass is 400 g/mol. The van der Waals surface area contributed by atoms with Gasteiger partial charge in [0.1, 0.15) is 5.56 Å². The predicted molar refractivity (Wildman–Crippen MR) is 107 cm³/mol. The van der Waals surface area contributed by atoms with E-state index in [-0.39, 0.29) is 17.8 Å². The number of halogens is 1. The Bertz CT molecular complexity index is 1020. The number of imide groups is 1. The molecule has 0 unspecified atom stereocenters. The SMILES string of the molecule is Cc1cc2c(c(=O)n1C)C(=O)N(CN1CCN(c3ccccc3Cl)CC1)C2=O. The summed E-state index contributed by atoms with van der Waals surface area (Å²) in [5.41, 5.74) is 1.41. The molecule has 2 amide bonds. The summed E-state index contributed by atoms with van der Waals surface area (Å²) in [4.78, 5) is 43.3. The minimum Gasteiger partial charge on any atom is -0.368 e. The third-order valence-corrected chi connectivity index (χ3v) is 5.83. The number of anilines is 1. The van der Waals surface area contributed by atoms with Crippen molar-refractivity contribution in [3.05, 3.63) is 62.5 Å². The Morgan fingerprint density at radius 3 is 2.36 bits per heavy atom. The molecule has 0 bridgehead atoms. The molecule has 2 aromatic rings. The number of hydrogen-bond donors (Lipinski definition) is 0. The average Bonchev–Trinajstić information content (AvgIpc) is 2.92. The molecule has 1 aromatic heterocycles. The second-order valence-corrected chi connectivity index (χ2v) is 7.58. The topological polar surface area (TPSA) is 65.9 Å². The second-order valence-electron chi connectivity index (χ2n) is 7.17. The molecule has 2 aliphatic rings. The van der Waals surface area contributed by atoms with E-state index in [1.807, 2.05) is 29.2 Å². The lowest BCUT2D eigenvalue weighted by Gasteiger charge is -2.37. The summed E-state index contributed by atoms with van der Waals surface area (Å²) in [7, 11) is 1.60. The average molecular weight is 401 g/mol. The molecule has 8 heteroatoms. The van der Waals surface area contributed by atoms with Crippen LogP contribution in [0.5, 0.6) is 0 Å². The molecule has 4 rings (SSSR count). The van der Waals surface area contributed by atoms with E-state index in [4.69, 9.17) is 11.6 Å². The summed E-state index contributed by atoms with van der Waals surface area (Å²) in [6.07, 6.45) is 0. The van der Waals surface area contributed by atoms with Gasteiger partial charge in [0.25, 0.3) is 17.4 Å². The Kier molecular flexibility index (Phi) is 4.72. The van der Waals surface area contributed by atoms with E-state index in [0.717, 1.165) is 18.8 Å². The summed E-state index contributed by atoms with van der Waals surface area (Å²) < 4.78 is 1.40. The summed E-state index contributed by atoms with van der Waals surface area (Å²) >= 11 is 6.28. The van der Waals surface area contributed by atoms with Gasteiger partial charge in [-0.25, -0.2) is 0 Å². The van der Waals surface area contributed by atoms with E-state index in [0.29, 0.717) is 23.8 Å². The third-order valence-electron chi connectivity index (χ3n) is 5.51. The number of benzene rings is 1. The molecule has 0 atom stereocenters. The highest BCUT2D eigenvalue weighted by Crippen LogP contribution is 2.26. The lowest BCUT2D eigenvalue weighted by molar-refractivity contribution is 0.0534. The van der Waals surface area contributed by atoms with Gasteiger partial charge in [-0.3, -0.25) is 24.2 Å². The maximum Gasteiger partial charge on any atom is 0.268 e. The molecule has 0 aliphatic carbocycles. The van der Waals surface area contributed by atoms with Gasteiger partial charge in [-0.2, -0.15) is 0 Å². The number of rotatable bonds is 3. The fourth-order valence-electron chi connectivity index (χ4n) is 3.74. The minimum absolute atomic E-state index is 0.0206. The second kappa shape index (κ2) is 7.07. The van der Waals surface area contributed by atoms with Gasteiger partial charge < -0.3 is 9.47 Å². The van der Waals surface area contributed by atoms with Gasteiger partial charge in [-0.1, -0.05) is 23.7 Å². The van der Waals surface area contributed by atoms with Crippen molar-refractivity contribution in [3.63, 3.8) is 0 Å². The summed E-state index contributed by atoms with van der Waals surface area (Å²) in [5.74, 6) is -0.900. The number of carbonyl (C=O) groups excluding carboxylic acids is 2. The molecule has 146 valence electrons. The van der Waals surface area contributed by atoms with Crippen molar-refractivity contribution in [2.45, 2.75) is 6.92 Å². The smallest absolute Gasteiger partial charge is 0.268 e. The number of aryl methyl sites for hydroxylation is 1. The van der Waals surface area contributed by atoms with Crippen molar-refractivity contribution < 1.29 is 9.59 Å². The van der Waals surface area contributed by atoms with Crippen LogP contribution in [0.2, 0.25) is 5.02 Å². The zero-order valence-corrected chi connectivity index (χ0v) is 16.6. The number of hydrogen-bond acceptors (Lipinski definition) is 5. The molecular formula is C20H21ClN4O3. The minimum atomic E-state index is -0.505. The van der Waals surface area contributed by atoms with Gasteiger partial charge in [-0.05, 0) is 25.1 Å². The number of para-hydroxylation sites is 1. The van der Waals surface area contributed by atoms with Crippen molar-refractivity contribution in [2.75, 3.05) is 37.7 Å². The van der Waals surface area contributed by atoms with Gasteiger partial charge in [0.2, 0.25) is 0 Å². The molecule has 3 heterocycles. The lowest BCUT2D eigenvalue weighted by atomic mass is 10.1. The van der Waals surface area contributed by atoms with E-state index in [1.54, 1.807) is 20.0 Å². The number of amides is 2. The first-order valence-corrected chi connectivity index (χ1v) is 9.55. The van der Waals surface area contributed by atoms with Crippen LogP contribution in [0.3, 0.4) is 0 Å². The fraction of sp³-hybridized carbons (Fsp3) is 0.350. The maximum atomic E-state index is 12.7. The number of nitrogens with zero attached hydrogens (tertiary/aromatic N) is 4. The Balaban J connectivity index is 1.47. The van der Waals surface area contributed by atoms with Crippen molar-refractivity contribution in [1.29, 1.82) is 0 Å². The third kappa shape index (κ3) is 3.00. The van der Waals surface area contributed by atoms with Crippen LogP contribution >= 0.6 is 11.6 Å². The van der Waals surface area contributed by atoms with Crippen LogP contribution in [0.4, 0.5) is 5.69 Å². The van der Waals surface area contributed by atoms with E-state index >= 15 is 0 Å². The highest BCUT2D eigenvalue weighted by Gasteiger charge is 2.39. The number of pyridine rings is 1. The van der Waals surface area contributed by atoms with Crippen molar-refractivity contribution in [2.24, 2.45) is 7.05 Å². The zero-order valence-electron chi connectivity index (χ0n) is 15.8. The van der Waals surface area contributed by atoms with Crippen LogP contribution in [0, 0.1) is 6.92 Å². The molecule has 7 nitrogen and oxygen atoms in total. The van der Waals surface area contributed by atoms with E-state index in [1.165, 1.54) is 9.47 Å². The van der Waals surface area contributed by atoms with Crippen LogP contribution in [-0.2, 0) is 7.05 Å². The van der Waals surface area contributed by atoms with Crippen molar-refractivity contribution in [3.8, 4) is 0 Å².